The molecule has 180 valence electrons. The van der Waals surface area contributed by atoms with Gasteiger partial charge in [-0.25, -0.2) is 8.42 Å². The Balaban J connectivity index is 1.94. The summed E-state index contributed by atoms with van der Waals surface area (Å²) in [5.41, 5.74) is 1.93. The van der Waals surface area contributed by atoms with Gasteiger partial charge in [0.05, 0.1) is 12.0 Å². The van der Waals surface area contributed by atoms with Gasteiger partial charge >= 0.3 is 11.9 Å². The molecule has 2 aromatic rings. The molecule has 0 saturated carbocycles. The van der Waals surface area contributed by atoms with Crippen molar-refractivity contribution in [2.24, 2.45) is 0 Å². The number of rotatable bonds is 11. The van der Waals surface area contributed by atoms with Crippen molar-refractivity contribution in [3.05, 3.63) is 52.3 Å². The summed E-state index contributed by atoms with van der Waals surface area (Å²) in [6.45, 7) is 3.08. The van der Waals surface area contributed by atoms with Gasteiger partial charge in [0, 0.05) is 42.0 Å². The van der Waals surface area contributed by atoms with Gasteiger partial charge in [0.15, 0.2) is 6.61 Å². The van der Waals surface area contributed by atoms with E-state index >= 15 is 0 Å². The fraction of sp³-hybridized carbons (Fsp3) is 0.409. The summed E-state index contributed by atoms with van der Waals surface area (Å²) in [6.07, 6.45) is 0.820. The molecule has 0 radical (unpaired) electrons. The van der Waals surface area contributed by atoms with E-state index in [1.54, 1.807) is 13.0 Å². The minimum atomic E-state index is -3.91. The number of carbonyl (C=O) groups excluding carboxylic acids is 3. The van der Waals surface area contributed by atoms with Crippen LogP contribution >= 0.6 is 11.6 Å². The molecule has 0 aliphatic carbocycles. The van der Waals surface area contributed by atoms with E-state index in [-0.39, 0.29) is 17.3 Å². The maximum Gasteiger partial charge on any atom is 0.321 e. The topological polar surface area (TPSA) is 112 Å². The highest BCUT2D eigenvalue weighted by Crippen LogP contribution is 2.19. The lowest BCUT2D eigenvalue weighted by Crippen LogP contribution is -2.33. The number of benzene rings is 1. The van der Waals surface area contributed by atoms with Crippen LogP contribution in [0.5, 0.6) is 0 Å². The summed E-state index contributed by atoms with van der Waals surface area (Å²) in [4.78, 5) is 36.0. The maximum absolute atomic E-state index is 12.6. The zero-order valence-electron chi connectivity index (χ0n) is 19.0. The number of Topliss-reactive ketones (excluding diaryl/α,β-unsaturated/α-hetero) is 1. The van der Waals surface area contributed by atoms with Crippen LogP contribution in [-0.2, 0) is 35.6 Å². The number of hydrogen-bond donors (Lipinski definition) is 0. The largest absolute Gasteiger partial charge is 0.469 e. The second kappa shape index (κ2) is 11.4. The Hall–Kier alpha value is -2.69. The van der Waals surface area contributed by atoms with Crippen LogP contribution in [0.25, 0.3) is 0 Å². The molecule has 1 heterocycles. The van der Waals surface area contributed by atoms with Crippen LogP contribution in [0.1, 0.15) is 34.6 Å². The van der Waals surface area contributed by atoms with Gasteiger partial charge in [0.1, 0.15) is 6.54 Å². The zero-order valence-corrected chi connectivity index (χ0v) is 20.5. The van der Waals surface area contributed by atoms with Crippen LogP contribution in [0.2, 0.25) is 5.02 Å². The van der Waals surface area contributed by atoms with Crippen molar-refractivity contribution in [2.75, 3.05) is 27.3 Å². The Labute approximate surface area is 198 Å². The molecule has 0 amide bonds. The third kappa shape index (κ3) is 6.89. The third-order valence-corrected chi connectivity index (χ3v) is 7.17. The van der Waals surface area contributed by atoms with Gasteiger partial charge in [-0.1, -0.05) is 11.6 Å². The molecule has 0 unspecified atom stereocenters. The summed E-state index contributed by atoms with van der Waals surface area (Å²) >= 11 is 5.78. The third-order valence-electron chi connectivity index (χ3n) is 5.10. The SMILES string of the molecule is COC(=O)CCCn1c(C)cc(C(=O)COC(=O)CN(C)S(=O)(=O)c2ccc(Cl)cc2)c1C. The van der Waals surface area contributed by atoms with Crippen molar-refractivity contribution in [3.8, 4) is 0 Å². The van der Waals surface area contributed by atoms with Crippen LogP contribution in [0.3, 0.4) is 0 Å². The highest BCUT2D eigenvalue weighted by molar-refractivity contribution is 7.89. The molecule has 33 heavy (non-hydrogen) atoms. The highest BCUT2D eigenvalue weighted by Gasteiger charge is 2.24. The van der Waals surface area contributed by atoms with E-state index in [9.17, 15) is 22.8 Å². The molecule has 1 aromatic heterocycles. The van der Waals surface area contributed by atoms with Crippen LogP contribution in [0.15, 0.2) is 35.2 Å². The van der Waals surface area contributed by atoms with E-state index in [4.69, 9.17) is 16.3 Å². The van der Waals surface area contributed by atoms with E-state index in [2.05, 4.69) is 4.74 Å². The van der Waals surface area contributed by atoms with Crippen molar-refractivity contribution < 1.29 is 32.3 Å². The van der Waals surface area contributed by atoms with E-state index in [1.165, 1.54) is 38.4 Å². The standard InChI is InChI=1S/C22H27ClN2O7S/c1-15-12-19(16(2)25(15)11-5-6-21(27)31-4)20(26)14-32-22(28)13-24(3)33(29,30)18-9-7-17(23)8-10-18/h7-10,12H,5-6,11,13-14H2,1-4H3. The van der Waals surface area contributed by atoms with Gasteiger partial charge in [-0.15, -0.1) is 0 Å². The average Bonchev–Trinajstić information content (AvgIpc) is 3.05. The van der Waals surface area contributed by atoms with Crippen molar-refractivity contribution in [1.82, 2.24) is 8.87 Å². The number of nitrogens with zero attached hydrogens (tertiary/aromatic N) is 2. The molecule has 0 aliphatic rings. The number of aryl methyl sites for hydroxylation is 1. The maximum atomic E-state index is 12.6. The lowest BCUT2D eigenvalue weighted by Gasteiger charge is -2.16. The zero-order chi connectivity index (χ0) is 24.8. The Kier molecular flexibility index (Phi) is 9.21. The lowest BCUT2D eigenvalue weighted by molar-refractivity contribution is -0.142. The van der Waals surface area contributed by atoms with Gasteiger partial charge < -0.3 is 14.0 Å². The summed E-state index contributed by atoms with van der Waals surface area (Å²) in [5.74, 6) is -1.56. The van der Waals surface area contributed by atoms with Crippen molar-refractivity contribution in [1.29, 1.82) is 0 Å². The van der Waals surface area contributed by atoms with Crippen LogP contribution in [-0.4, -0.2) is 62.3 Å². The number of esters is 2. The van der Waals surface area contributed by atoms with Gasteiger partial charge in [0.25, 0.3) is 0 Å². The molecule has 1 aromatic carbocycles. The quantitative estimate of drug-likeness (QED) is 0.346. The average molecular weight is 499 g/mol. The molecule has 9 nitrogen and oxygen atoms in total. The first kappa shape index (κ1) is 26.6. The molecule has 0 atom stereocenters. The normalized spacial score (nSPS) is 11.5. The fourth-order valence-electron chi connectivity index (χ4n) is 3.23. The van der Waals surface area contributed by atoms with Crippen LogP contribution in [0.4, 0.5) is 0 Å². The molecular formula is C22H27ClN2O7S. The smallest absolute Gasteiger partial charge is 0.321 e. The molecule has 0 saturated heterocycles. The van der Waals surface area contributed by atoms with E-state index in [0.29, 0.717) is 29.2 Å². The molecule has 0 N–H and O–H groups in total. The Morgan fingerprint density at radius 2 is 1.73 bits per heavy atom. The summed E-state index contributed by atoms with van der Waals surface area (Å²) in [7, 11) is -1.34. The number of sulfonamides is 1. The van der Waals surface area contributed by atoms with Crippen molar-refractivity contribution >= 4 is 39.3 Å². The molecule has 11 heteroatoms. The van der Waals surface area contributed by atoms with Crippen LogP contribution in [0, 0.1) is 13.8 Å². The second-order valence-electron chi connectivity index (χ2n) is 7.41. The number of hydrogen-bond acceptors (Lipinski definition) is 7. The van der Waals surface area contributed by atoms with E-state index in [1.807, 2.05) is 11.5 Å². The van der Waals surface area contributed by atoms with Gasteiger partial charge in [-0.3, -0.25) is 14.4 Å². The molecule has 0 aliphatic heterocycles. The molecule has 0 bridgehead atoms. The monoisotopic (exact) mass is 498 g/mol. The second-order valence-corrected chi connectivity index (χ2v) is 9.90. The summed E-state index contributed by atoms with van der Waals surface area (Å²) in [5, 5.41) is 0.386. The van der Waals surface area contributed by atoms with Gasteiger partial charge in [-0.05, 0) is 50.6 Å². The Morgan fingerprint density at radius 1 is 1.09 bits per heavy atom. The summed E-state index contributed by atoms with van der Waals surface area (Å²) in [6, 6.07) is 7.24. The Bertz CT molecular complexity index is 1120. The van der Waals surface area contributed by atoms with E-state index in [0.717, 1.165) is 10.00 Å². The number of ether oxygens (including phenoxy) is 2. The first-order valence-corrected chi connectivity index (χ1v) is 11.9. The minimum absolute atomic E-state index is 0.0158. The number of aromatic nitrogens is 1. The molecule has 0 spiro atoms. The summed E-state index contributed by atoms with van der Waals surface area (Å²) < 4.78 is 37.5. The Morgan fingerprint density at radius 3 is 2.33 bits per heavy atom. The predicted molar refractivity (Wildman–Crippen MR) is 122 cm³/mol. The number of methoxy groups -OCH3 is 1. The number of likely N-dealkylation sites (N-methyl/N-ethyl adjacent to an activating group) is 1. The highest BCUT2D eigenvalue weighted by atomic mass is 35.5. The first-order chi connectivity index (χ1) is 15.5. The molecular weight excluding hydrogens is 472 g/mol. The van der Waals surface area contributed by atoms with Crippen molar-refractivity contribution in [3.63, 3.8) is 0 Å². The van der Waals surface area contributed by atoms with E-state index < -0.39 is 34.9 Å². The lowest BCUT2D eigenvalue weighted by atomic mass is 10.1. The van der Waals surface area contributed by atoms with Crippen LogP contribution < -0.4 is 0 Å². The van der Waals surface area contributed by atoms with Gasteiger partial charge in [-0.2, -0.15) is 4.31 Å². The number of ketones is 1. The minimum Gasteiger partial charge on any atom is -0.469 e. The first-order valence-electron chi connectivity index (χ1n) is 10.1. The number of carbonyl (C=O) groups is 3. The molecule has 2 rings (SSSR count). The predicted octanol–water partition coefficient (Wildman–Crippen LogP) is 2.76. The van der Waals surface area contributed by atoms with Gasteiger partial charge in [0.2, 0.25) is 15.8 Å². The molecule has 0 fully saturated rings. The van der Waals surface area contributed by atoms with Crippen molar-refractivity contribution in [2.45, 2.75) is 38.1 Å². The fourth-order valence-corrected chi connectivity index (χ4v) is 4.48. The number of halogens is 1.